The summed E-state index contributed by atoms with van der Waals surface area (Å²) in [5.74, 6) is -5.97. The number of esters is 1. The fraction of sp³-hybridized carbons (Fsp3) is 0.211. The third-order valence-corrected chi connectivity index (χ3v) is 3.59. The predicted octanol–water partition coefficient (Wildman–Crippen LogP) is 2.54. The van der Waals surface area contributed by atoms with Crippen molar-refractivity contribution in [3.8, 4) is 11.5 Å². The summed E-state index contributed by atoms with van der Waals surface area (Å²) >= 11 is 0. The minimum absolute atomic E-state index is 0.196. The van der Waals surface area contributed by atoms with E-state index in [4.69, 9.17) is 24.7 Å². The lowest BCUT2D eigenvalue weighted by molar-refractivity contribution is -0.411. The standard InChI is InChI=1S/C19H18O10/c1-19(2,28-18(26)13-6-5-12(21)8-15(13)17(24)25)29-27-9-10-3-4-11(20)7-14(10)16(22)23/h3-8,20-21H,9H2,1-2H3,(H,22,23)(H,24,25). The number of hydrogen-bond donors (Lipinski definition) is 4. The van der Waals surface area contributed by atoms with Crippen molar-refractivity contribution >= 4 is 17.9 Å². The van der Waals surface area contributed by atoms with Gasteiger partial charge >= 0.3 is 17.9 Å². The number of hydrogen-bond acceptors (Lipinski definition) is 8. The Balaban J connectivity index is 2.05. The number of phenolic OH excluding ortho intramolecular Hbond substituents is 2. The summed E-state index contributed by atoms with van der Waals surface area (Å²) in [6, 6.07) is 6.77. The maximum Gasteiger partial charge on any atom is 0.341 e. The van der Waals surface area contributed by atoms with E-state index in [1.807, 2.05) is 0 Å². The van der Waals surface area contributed by atoms with Gasteiger partial charge in [0.15, 0.2) is 0 Å². The van der Waals surface area contributed by atoms with Crippen LogP contribution >= 0.6 is 0 Å². The van der Waals surface area contributed by atoms with Crippen LogP contribution in [0.1, 0.15) is 50.5 Å². The highest BCUT2D eigenvalue weighted by molar-refractivity contribution is 6.02. The quantitative estimate of drug-likeness (QED) is 0.222. The molecule has 4 N–H and O–H groups in total. The van der Waals surface area contributed by atoms with Crippen molar-refractivity contribution in [2.75, 3.05) is 0 Å². The Morgan fingerprint density at radius 3 is 2.00 bits per heavy atom. The fourth-order valence-electron chi connectivity index (χ4n) is 2.31. The van der Waals surface area contributed by atoms with Crippen LogP contribution in [-0.4, -0.2) is 44.1 Å². The number of carboxylic acid groups (broad SMARTS) is 2. The van der Waals surface area contributed by atoms with Crippen LogP contribution in [0.4, 0.5) is 0 Å². The van der Waals surface area contributed by atoms with Crippen molar-refractivity contribution in [2.45, 2.75) is 26.2 Å². The monoisotopic (exact) mass is 406 g/mol. The van der Waals surface area contributed by atoms with E-state index in [2.05, 4.69) is 0 Å². The fourth-order valence-corrected chi connectivity index (χ4v) is 2.31. The number of phenols is 2. The Morgan fingerprint density at radius 1 is 0.862 bits per heavy atom. The minimum Gasteiger partial charge on any atom is -0.508 e. The zero-order valence-corrected chi connectivity index (χ0v) is 15.4. The molecule has 0 aromatic heterocycles. The van der Waals surface area contributed by atoms with E-state index >= 15 is 0 Å². The number of carbonyl (C=O) groups is 3. The van der Waals surface area contributed by atoms with Crippen LogP contribution < -0.4 is 0 Å². The number of carbonyl (C=O) groups excluding carboxylic acids is 1. The van der Waals surface area contributed by atoms with E-state index in [1.165, 1.54) is 26.0 Å². The predicted molar refractivity (Wildman–Crippen MR) is 95.5 cm³/mol. The Hall–Kier alpha value is -3.63. The normalized spacial score (nSPS) is 11.1. The van der Waals surface area contributed by atoms with Gasteiger partial charge in [-0.25, -0.2) is 19.3 Å². The molecule has 0 bridgehead atoms. The summed E-state index contributed by atoms with van der Waals surface area (Å²) in [7, 11) is 0. The average Bonchev–Trinajstić information content (AvgIpc) is 2.61. The largest absolute Gasteiger partial charge is 0.508 e. The third kappa shape index (κ3) is 5.67. The number of aromatic carboxylic acids is 2. The van der Waals surface area contributed by atoms with Gasteiger partial charge in [-0.15, -0.1) is 0 Å². The van der Waals surface area contributed by atoms with Gasteiger partial charge in [-0.2, -0.15) is 4.89 Å². The van der Waals surface area contributed by atoms with Crippen molar-refractivity contribution in [3.05, 3.63) is 58.7 Å². The molecule has 10 heteroatoms. The second kappa shape index (κ2) is 8.59. The Labute approximate surface area is 164 Å². The minimum atomic E-state index is -1.66. The lowest BCUT2D eigenvalue weighted by Crippen LogP contribution is -2.32. The summed E-state index contributed by atoms with van der Waals surface area (Å²) in [5.41, 5.74) is -0.761. The van der Waals surface area contributed by atoms with Crippen molar-refractivity contribution < 1.29 is 49.3 Å². The van der Waals surface area contributed by atoms with Gasteiger partial charge in [-0.1, -0.05) is 6.07 Å². The topological polar surface area (TPSA) is 160 Å². The molecule has 0 aliphatic carbocycles. The van der Waals surface area contributed by atoms with Crippen molar-refractivity contribution in [1.29, 1.82) is 0 Å². The maximum atomic E-state index is 12.3. The maximum absolute atomic E-state index is 12.3. The molecule has 29 heavy (non-hydrogen) atoms. The van der Waals surface area contributed by atoms with Crippen molar-refractivity contribution in [2.24, 2.45) is 0 Å². The molecule has 0 unspecified atom stereocenters. The molecular weight excluding hydrogens is 388 g/mol. The van der Waals surface area contributed by atoms with E-state index in [0.717, 1.165) is 24.3 Å². The zero-order valence-electron chi connectivity index (χ0n) is 15.4. The van der Waals surface area contributed by atoms with Crippen LogP contribution in [0.2, 0.25) is 0 Å². The Morgan fingerprint density at radius 2 is 1.41 bits per heavy atom. The molecule has 10 nitrogen and oxygen atoms in total. The first-order valence-corrected chi connectivity index (χ1v) is 8.15. The molecule has 0 saturated carbocycles. The molecule has 0 heterocycles. The molecule has 0 spiro atoms. The number of benzene rings is 2. The summed E-state index contributed by atoms with van der Waals surface area (Å²) < 4.78 is 5.10. The molecule has 0 fully saturated rings. The van der Waals surface area contributed by atoms with Gasteiger partial charge in [0.2, 0.25) is 5.79 Å². The first kappa shape index (κ1) is 21.7. The smallest absolute Gasteiger partial charge is 0.341 e. The third-order valence-electron chi connectivity index (χ3n) is 3.59. The van der Waals surface area contributed by atoms with Crippen LogP contribution in [0, 0.1) is 0 Å². The highest BCUT2D eigenvalue weighted by Gasteiger charge is 2.29. The van der Waals surface area contributed by atoms with Gasteiger partial charge in [0, 0.05) is 13.8 Å². The van der Waals surface area contributed by atoms with E-state index in [0.29, 0.717) is 0 Å². The lowest BCUT2D eigenvalue weighted by atomic mass is 10.1. The molecule has 0 amide bonds. The van der Waals surface area contributed by atoms with Crippen LogP contribution in [0.25, 0.3) is 0 Å². The van der Waals surface area contributed by atoms with Crippen LogP contribution in [0.15, 0.2) is 36.4 Å². The molecular formula is C19H18O10. The van der Waals surface area contributed by atoms with Gasteiger partial charge < -0.3 is 25.2 Å². The summed E-state index contributed by atoms with van der Waals surface area (Å²) in [4.78, 5) is 44.7. The highest BCUT2D eigenvalue weighted by atomic mass is 17.2. The average molecular weight is 406 g/mol. The lowest BCUT2D eigenvalue weighted by Gasteiger charge is -2.24. The van der Waals surface area contributed by atoms with E-state index < -0.39 is 29.3 Å². The van der Waals surface area contributed by atoms with Gasteiger partial charge in [0.25, 0.3) is 0 Å². The summed E-state index contributed by atoms with van der Waals surface area (Å²) in [5, 5.41) is 37.1. The molecule has 2 aromatic carbocycles. The molecule has 2 rings (SSSR count). The van der Waals surface area contributed by atoms with Crippen LogP contribution in [0.5, 0.6) is 11.5 Å². The van der Waals surface area contributed by atoms with Crippen molar-refractivity contribution in [1.82, 2.24) is 0 Å². The molecule has 0 atom stereocenters. The van der Waals surface area contributed by atoms with Crippen LogP contribution in [-0.2, 0) is 21.1 Å². The van der Waals surface area contributed by atoms with Gasteiger partial charge in [0.05, 0.1) is 16.7 Å². The van der Waals surface area contributed by atoms with Crippen molar-refractivity contribution in [3.63, 3.8) is 0 Å². The molecule has 0 aliphatic rings. The molecule has 154 valence electrons. The highest BCUT2D eigenvalue weighted by Crippen LogP contribution is 2.23. The second-order valence-electron chi connectivity index (χ2n) is 6.32. The second-order valence-corrected chi connectivity index (χ2v) is 6.32. The Bertz CT molecular complexity index is 948. The van der Waals surface area contributed by atoms with Gasteiger partial charge in [-0.05, 0) is 35.9 Å². The zero-order chi connectivity index (χ0) is 21.8. The van der Waals surface area contributed by atoms with E-state index in [9.17, 15) is 24.6 Å². The number of carboxylic acids is 2. The van der Waals surface area contributed by atoms with Gasteiger partial charge in [0.1, 0.15) is 18.1 Å². The molecule has 0 saturated heterocycles. The molecule has 2 aromatic rings. The first-order valence-electron chi connectivity index (χ1n) is 8.15. The van der Waals surface area contributed by atoms with Gasteiger partial charge in [-0.3, -0.25) is 0 Å². The van der Waals surface area contributed by atoms with Crippen LogP contribution in [0.3, 0.4) is 0 Å². The van der Waals surface area contributed by atoms with E-state index in [-0.39, 0.29) is 34.8 Å². The molecule has 0 radical (unpaired) electrons. The number of aromatic hydroxyl groups is 2. The summed E-state index contributed by atoms with van der Waals surface area (Å²) in [6.07, 6.45) is 0. The number of ether oxygens (including phenoxy) is 1. The molecule has 0 aliphatic heterocycles. The number of rotatable bonds is 8. The first-order chi connectivity index (χ1) is 13.5. The Kier molecular flexibility index (Phi) is 6.42. The summed E-state index contributed by atoms with van der Waals surface area (Å²) in [6.45, 7) is 2.31. The SMILES string of the molecule is CC(C)(OOCc1ccc(O)cc1C(=O)O)OC(=O)c1ccc(O)cc1C(=O)O. The van der Waals surface area contributed by atoms with E-state index in [1.54, 1.807) is 0 Å².